The van der Waals surface area contributed by atoms with E-state index in [1.807, 2.05) is 0 Å². The minimum absolute atomic E-state index is 0.0493. The molecule has 0 aromatic carbocycles. The van der Waals surface area contributed by atoms with Crippen LogP contribution < -0.4 is 10.2 Å². The van der Waals surface area contributed by atoms with E-state index >= 15 is 0 Å². The van der Waals surface area contributed by atoms with E-state index in [1.165, 1.54) is 11.8 Å². The molecule has 3 heterocycles. The molecule has 1 amide bonds. The zero-order valence-corrected chi connectivity index (χ0v) is 17.2. The Balaban J connectivity index is 1.67. The number of nitrogens with zero attached hydrogens (tertiary/aromatic N) is 4. The van der Waals surface area contributed by atoms with Gasteiger partial charge in [-0.1, -0.05) is 25.6 Å². The van der Waals surface area contributed by atoms with E-state index < -0.39 is 0 Å². The summed E-state index contributed by atoms with van der Waals surface area (Å²) < 4.78 is 13.4. The van der Waals surface area contributed by atoms with Crippen molar-refractivity contribution in [2.24, 2.45) is 0 Å². The standard InChI is InChI=1S/C18H31N5O3S/c1-3-14(4-2)19-16(24)13-27-18-21-20-17(22-7-10-25-11-8-22)23(18)12-15-6-5-9-26-15/h14-15H,3-13H2,1-2H3,(H,19,24)/t15-/m1/s1. The minimum Gasteiger partial charge on any atom is -0.378 e. The Labute approximate surface area is 165 Å². The number of amides is 1. The minimum atomic E-state index is 0.0493. The van der Waals surface area contributed by atoms with Crippen LogP contribution in [-0.2, 0) is 20.8 Å². The largest absolute Gasteiger partial charge is 0.378 e. The molecule has 0 unspecified atom stereocenters. The van der Waals surface area contributed by atoms with Gasteiger partial charge in [0.25, 0.3) is 0 Å². The number of ether oxygens (including phenoxy) is 2. The van der Waals surface area contributed by atoms with Gasteiger partial charge in [-0.2, -0.15) is 0 Å². The molecule has 0 aliphatic carbocycles. The Morgan fingerprint density at radius 1 is 1.26 bits per heavy atom. The molecule has 1 N–H and O–H groups in total. The summed E-state index contributed by atoms with van der Waals surface area (Å²) in [5.41, 5.74) is 0. The Morgan fingerprint density at radius 3 is 2.70 bits per heavy atom. The maximum absolute atomic E-state index is 12.3. The lowest BCUT2D eigenvalue weighted by atomic mass is 10.2. The fraction of sp³-hybridized carbons (Fsp3) is 0.833. The number of hydrogen-bond donors (Lipinski definition) is 1. The third-order valence-corrected chi connectivity index (χ3v) is 6.05. The topological polar surface area (TPSA) is 81.5 Å². The maximum Gasteiger partial charge on any atom is 0.230 e. The second-order valence-electron chi connectivity index (χ2n) is 7.00. The van der Waals surface area contributed by atoms with Crippen molar-refractivity contribution in [1.82, 2.24) is 20.1 Å². The van der Waals surface area contributed by atoms with Crippen LogP contribution in [0.1, 0.15) is 39.5 Å². The van der Waals surface area contributed by atoms with Gasteiger partial charge in [0, 0.05) is 25.7 Å². The van der Waals surface area contributed by atoms with Crippen LogP contribution in [0.4, 0.5) is 5.95 Å². The zero-order chi connectivity index (χ0) is 19.1. The highest BCUT2D eigenvalue weighted by Gasteiger charge is 2.25. The summed E-state index contributed by atoms with van der Waals surface area (Å²) >= 11 is 1.45. The molecule has 0 bridgehead atoms. The number of aromatic nitrogens is 3. The highest BCUT2D eigenvalue weighted by atomic mass is 32.2. The first-order valence-corrected chi connectivity index (χ1v) is 11.0. The Bertz CT molecular complexity index is 596. The molecule has 27 heavy (non-hydrogen) atoms. The average molecular weight is 398 g/mol. The van der Waals surface area contributed by atoms with E-state index in [1.54, 1.807) is 0 Å². The van der Waals surface area contributed by atoms with Gasteiger partial charge >= 0.3 is 0 Å². The van der Waals surface area contributed by atoms with Gasteiger partial charge in [0.1, 0.15) is 0 Å². The molecule has 9 heteroatoms. The van der Waals surface area contributed by atoms with Crippen molar-refractivity contribution in [3.8, 4) is 0 Å². The molecule has 0 spiro atoms. The van der Waals surface area contributed by atoms with E-state index in [2.05, 4.69) is 38.8 Å². The SMILES string of the molecule is CCC(CC)NC(=O)CSc1nnc(N2CCOCC2)n1C[C@H]1CCCO1. The summed E-state index contributed by atoms with van der Waals surface area (Å²) in [4.78, 5) is 14.5. The van der Waals surface area contributed by atoms with E-state index in [-0.39, 0.29) is 18.1 Å². The van der Waals surface area contributed by atoms with Gasteiger partial charge < -0.3 is 19.7 Å². The highest BCUT2D eigenvalue weighted by molar-refractivity contribution is 7.99. The van der Waals surface area contributed by atoms with Crippen molar-refractivity contribution in [3.05, 3.63) is 0 Å². The molecule has 1 atom stereocenters. The van der Waals surface area contributed by atoms with Crippen molar-refractivity contribution in [3.63, 3.8) is 0 Å². The van der Waals surface area contributed by atoms with E-state index in [0.717, 1.165) is 63.0 Å². The summed E-state index contributed by atoms with van der Waals surface area (Å²) in [6, 6.07) is 0.242. The monoisotopic (exact) mass is 397 g/mol. The van der Waals surface area contributed by atoms with E-state index in [4.69, 9.17) is 9.47 Å². The molecule has 1 aromatic rings. The summed E-state index contributed by atoms with van der Waals surface area (Å²) in [6.07, 6.45) is 4.24. The third-order valence-electron chi connectivity index (χ3n) is 5.08. The van der Waals surface area contributed by atoms with Crippen molar-refractivity contribution in [2.75, 3.05) is 43.6 Å². The predicted octanol–water partition coefficient (Wildman–Crippen LogP) is 1.69. The first-order valence-electron chi connectivity index (χ1n) is 10.0. The predicted molar refractivity (Wildman–Crippen MR) is 105 cm³/mol. The van der Waals surface area contributed by atoms with Crippen LogP contribution in [0, 0.1) is 0 Å². The summed E-state index contributed by atoms with van der Waals surface area (Å²) in [5.74, 6) is 1.26. The number of carbonyl (C=O) groups excluding carboxylic acids is 1. The number of carbonyl (C=O) groups is 1. The molecule has 2 fully saturated rings. The van der Waals surface area contributed by atoms with Gasteiger partial charge in [-0.25, -0.2) is 0 Å². The molecule has 3 rings (SSSR count). The third kappa shape index (κ3) is 5.58. The second kappa shape index (κ2) is 10.3. The van der Waals surface area contributed by atoms with Crippen LogP contribution in [0.15, 0.2) is 5.16 Å². The smallest absolute Gasteiger partial charge is 0.230 e. The fourth-order valence-corrected chi connectivity index (χ4v) is 4.18. The Hall–Kier alpha value is -1.32. The van der Waals surface area contributed by atoms with E-state index in [0.29, 0.717) is 19.0 Å². The van der Waals surface area contributed by atoms with Crippen molar-refractivity contribution in [2.45, 2.75) is 63.4 Å². The molecule has 2 saturated heterocycles. The van der Waals surface area contributed by atoms with Crippen molar-refractivity contribution in [1.29, 1.82) is 0 Å². The van der Waals surface area contributed by atoms with Gasteiger partial charge in [-0.3, -0.25) is 9.36 Å². The number of morpholine rings is 1. The lowest BCUT2D eigenvalue weighted by Crippen LogP contribution is -2.38. The lowest BCUT2D eigenvalue weighted by molar-refractivity contribution is -0.119. The fourth-order valence-electron chi connectivity index (χ4n) is 3.43. The van der Waals surface area contributed by atoms with Crippen molar-refractivity contribution < 1.29 is 14.3 Å². The van der Waals surface area contributed by atoms with Crippen LogP contribution in [0.5, 0.6) is 0 Å². The Kier molecular flexibility index (Phi) is 7.78. The number of thioether (sulfide) groups is 1. The van der Waals surface area contributed by atoms with Crippen LogP contribution >= 0.6 is 11.8 Å². The van der Waals surface area contributed by atoms with Gasteiger partial charge in [0.05, 0.1) is 31.6 Å². The van der Waals surface area contributed by atoms with Gasteiger partial charge in [-0.15, -0.1) is 10.2 Å². The first-order chi connectivity index (χ1) is 13.2. The maximum atomic E-state index is 12.3. The molecule has 1 aromatic heterocycles. The average Bonchev–Trinajstić information content (AvgIpc) is 3.35. The Morgan fingerprint density at radius 2 is 2.04 bits per heavy atom. The molecule has 0 radical (unpaired) electrons. The number of nitrogens with one attached hydrogen (secondary N) is 1. The summed E-state index contributed by atoms with van der Waals surface area (Å²) in [6.45, 7) is 8.76. The molecule has 2 aliphatic rings. The van der Waals surface area contributed by atoms with Crippen LogP contribution in [0.25, 0.3) is 0 Å². The van der Waals surface area contributed by atoms with Crippen LogP contribution in [-0.4, -0.2) is 71.5 Å². The number of hydrogen-bond acceptors (Lipinski definition) is 7. The van der Waals surface area contributed by atoms with Gasteiger partial charge in [0.15, 0.2) is 5.16 Å². The molecule has 0 saturated carbocycles. The molecule has 8 nitrogen and oxygen atoms in total. The molecular formula is C18H31N5O3S. The summed E-state index contributed by atoms with van der Waals surface area (Å²) in [5, 5.41) is 12.7. The van der Waals surface area contributed by atoms with Gasteiger partial charge in [0.2, 0.25) is 11.9 Å². The molecule has 152 valence electrons. The molecular weight excluding hydrogens is 366 g/mol. The summed E-state index contributed by atoms with van der Waals surface area (Å²) in [7, 11) is 0. The first kappa shape index (κ1) is 20.4. The quantitative estimate of drug-likeness (QED) is 0.635. The normalized spacial score (nSPS) is 20.4. The highest BCUT2D eigenvalue weighted by Crippen LogP contribution is 2.25. The number of rotatable bonds is 9. The van der Waals surface area contributed by atoms with Crippen LogP contribution in [0.2, 0.25) is 0 Å². The molecule has 2 aliphatic heterocycles. The van der Waals surface area contributed by atoms with Crippen LogP contribution in [0.3, 0.4) is 0 Å². The van der Waals surface area contributed by atoms with Gasteiger partial charge in [-0.05, 0) is 25.7 Å². The second-order valence-corrected chi connectivity index (χ2v) is 7.94. The zero-order valence-electron chi connectivity index (χ0n) is 16.4. The van der Waals surface area contributed by atoms with Crippen molar-refractivity contribution >= 4 is 23.6 Å². The lowest BCUT2D eigenvalue weighted by Gasteiger charge is -2.28. The number of anilines is 1. The van der Waals surface area contributed by atoms with E-state index in [9.17, 15) is 4.79 Å².